The molecule has 1 amide bonds. The summed E-state index contributed by atoms with van der Waals surface area (Å²) in [6.07, 6.45) is -3.33. The number of hydrogen-bond donors (Lipinski definition) is 1. The molecule has 0 saturated carbocycles. The van der Waals surface area contributed by atoms with Gasteiger partial charge in [0, 0.05) is 44.4 Å². The van der Waals surface area contributed by atoms with Crippen LogP contribution in [-0.4, -0.2) is 55.3 Å². The third-order valence-electron chi connectivity index (χ3n) is 7.04. The van der Waals surface area contributed by atoms with Gasteiger partial charge in [-0.15, -0.1) is 0 Å². The minimum absolute atomic E-state index is 0.0575. The molecule has 1 spiro atoms. The number of para-hydroxylation sites is 1. The van der Waals surface area contributed by atoms with Gasteiger partial charge in [0.1, 0.15) is 5.75 Å². The molecule has 2 aliphatic rings. The van der Waals surface area contributed by atoms with E-state index in [1.54, 1.807) is 23.1 Å². The number of anilines is 1. The van der Waals surface area contributed by atoms with Gasteiger partial charge in [0.05, 0.1) is 17.2 Å². The molecule has 1 N–H and O–H groups in total. The van der Waals surface area contributed by atoms with E-state index in [2.05, 4.69) is 0 Å². The molecule has 34 heavy (non-hydrogen) atoms. The van der Waals surface area contributed by atoms with Gasteiger partial charge >= 0.3 is 6.18 Å². The van der Waals surface area contributed by atoms with Crippen molar-refractivity contribution in [2.75, 3.05) is 44.3 Å². The molecule has 2 fully saturated rings. The second kappa shape index (κ2) is 9.55. The molecule has 2 aromatic carbocycles. The van der Waals surface area contributed by atoms with Crippen LogP contribution in [0.5, 0.6) is 5.75 Å². The summed E-state index contributed by atoms with van der Waals surface area (Å²) < 4.78 is 45.8. The molecule has 1 unspecified atom stereocenters. The highest BCUT2D eigenvalue weighted by Gasteiger charge is 2.48. The Hall–Kier alpha value is -3.25. The summed E-state index contributed by atoms with van der Waals surface area (Å²) in [4.78, 5) is 16.2. The summed E-state index contributed by atoms with van der Waals surface area (Å²) in [5, 5.41) is 19.1. The van der Waals surface area contributed by atoms with Crippen molar-refractivity contribution in [3.05, 3.63) is 59.7 Å². The molecule has 0 aromatic heterocycles. The van der Waals surface area contributed by atoms with Crippen LogP contribution in [0, 0.1) is 22.7 Å². The molecule has 180 valence electrons. The van der Waals surface area contributed by atoms with Gasteiger partial charge in [-0.3, -0.25) is 4.79 Å². The summed E-state index contributed by atoms with van der Waals surface area (Å²) in [5.74, 6) is 0.392. The van der Waals surface area contributed by atoms with Crippen LogP contribution < -0.4 is 9.64 Å². The maximum atomic E-state index is 13.4. The van der Waals surface area contributed by atoms with E-state index in [0.29, 0.717) is 50.5 Å². The minimum Gasteiger partial charge on any atom is -0.484 e. The van der Waals surface area contributed by atoms with E-state index in [9.17, 15) is 23.1 Å². The molecule has 6 nitrogen and oxygen atoms in total. The van der Waals surface area contributed by atoms with Crippen molar-refractivity contribution in [1.82, 2.24) is 4.90 Å². The maximum Gasteiger partial charge on any atom is 0.417 e. The number of amides is 1. The van der Waals surface area contributed by atoms with E-state index in [1.165, 1.54) is 12.1 Å². The number of likely N-dealkylation sites (tertiary alicyclic amines) is 1. The van der Waals surface area contributed by atoms with Crippen molar-refractivity contribution < 1.29 is 27.8 Å². The third kappa shape index (κ3) is 4.82. The van der Waals surface area contributed by atoms with Crippen LogP contribution in [0.15, 0.2) is 48.5 Å². The molecule has 0 bridgehead atoms. The molecular formula is C25H26F3N3O3. The predicted molar refractivity (Wildman–Crippen MR) is 119 cm³/mol. The Morgan fingerprint density at radius 3 is 2.50 bits per heavy atom. The molecule has 0 aliphatic carbocycles. The third-order valence-corrected chi connectivity index (χ3v) is 7.04. The number of hydrogen-bond acceptors (Lipinski definition) is 5. The van der Waals surface area contributed by atoms with Crippen molar-refractivity contribution in [2.24, 2.45) is 11.3 Å². The van der Waals surface area contributed by atoms with Crippen LogP contribution in [0.1, 0.15) is 24.0 Å². The number of alkyl halides is 3. The summed E-state index contributed by atoms with van der Waals surface area (Å²) in [6.45, 7) is 1.78. The van der Waals surface area contributed by atoms with Crippen LogP contribution in [0.2, 0.25) is 0 Å². The number of aliphatic hydroxyl groups is 1. The first-order chi connectivity index (χ1) is 16.3. The van der Waals surface area contributed by atoms with Gasteiger partial charge < -0.3 is 19.6 Å². The predicted octanol–water partition coefficient (Wildman–Crippen LogP) is 3.69. The average molecular weight is 473 g/mol. The van der Waals surface area contributed by atoms with Crippen LogP contribution in [0.4, 0.5) is 18.9 Å². The number of aliphatic hydroxyl groups excluding tert-OH is 1. The quantitative estimate of drug-likeness (QED) is 0.717. The Bertz CT molecular complexity index is 1060. The number of carbonyl (C=O) groups is 1. The summed E-state index contributed by atoms with van der Waals surface area (Å²) in [5.41, 5.74) is -1.27. The highest BCUT2D eigenvalue weighted by molar-refractivity contribution is 5.78. The fourth-order valence-electron chi connectivity index (χ4n) is 5.06. The van der Waals surface area contributed by atoms with Crippen LogP contribution in [0.3, 0.4) is 0 Å². The Kier molecular flexibility index (Phi) is 6.71. The van der Waals surface area contributed by atoms with Crippen molar-refractivity contribution in [1.29, 1.82) is 5.26 Å². The second-order valence-electron chi connectivity index (χ2n) is 8.94. The SMILES string of the molecule is N#Cc1ccc(N2CC(CO)C3(CCN(C(=O)COc4ccccc4)CC3)C2)cc1C(F)(F)F. The van der Waals surface area contributed by atoms with Crippen LogP contribution >= 0.6 is 0 Å². The average Bonchev–Trinajstić information content (AvgIpc) is 3.20. The van der Waals surface area contributed by atoms with Crippen molar-refractivity contribution in [3.63, 3.8) is 0 Å². The Morgan fingerprint density at radius 1 is 1.18 bits per heavy atom. The van der Waals surface area contributed by atoms with Gasteiger partial charge in [0.2, 0.25) is 0 Å². The number of benzene rings is 2. The Balaban J connectivity index is 1.42. The topological polar surface area (TPSA) is 76.8 Å². The highest BCUT2D eigenvalue weighted by atomic mass is 19.4. The van der Waals surface area contributed by atoms with Crippen molar-refractivity contribution in [3.8, 4) is 11.8 Å². The van der Waals surface area contributed by atoms with E-state index in [1.807, 2.05) is 23.1 Å². The van der Waals surface area contributed by atoms with Gasteiger partial charge in [-0.25, -0.2) is 0 Å². The Labute approximate surface area is 196 Å². The van der Waals surface area contributed by atoms with Crippen molar-refractivity contribution >= 4 is 11.6 Å². The zero-order chi connectivity index (χ0) is 24.3. The lowest BCUT2D eigenvalue weighted by Gasteiger charge is -2.42. The molecule has 4 rings (SSSR count). The monoisotopic (exact) mass is 473 g/mol. The molecule has 9 heteroatoms. The number of piperidine rings is 1. The largest absolute Gasteiger partial charge is 0.484 e. The number of rotatable bonds is 5. The fraction of sp³-hybridized carbons (Fsp3) is 0.440. The van der Waals surface area contributed by atoms with Crippen LogP contribution in [0.25, 0.3) is 0 Å². The zero-order valence-electron chi connectivity index (χ0n) is 18.6. The zero-order valence-corrected chi connectivity index (χ0v) is 18.6. The van der Waals surface area contributed by atoms with Crippen LogP contribution in [-0.2, 0) is 11.0 Å². The summed E-state index contributed by atoms with van der Waals surface area (Å²) >= 11 is 0. The van der Waals surface area contributed by atoms with Gasteiger partial charge in [0.15, 0.2) is 6.61 Å². The van der Waals surface area contributed by atoms with Crippen molar-refractivity contribution in [2.45, 2.75) is 19.0 Å². The van der Waals surface area contributed by atoms with Gasteiger partial charge in [-0.1, -0.05) is 18.2 Å². The van der Waals surface area contributed by atoms with Gasteiger partial charge in [0.25, 0.3) is 5.91 Å². The summed E-state index contributed by atoms with van der Waals surface area (Å²) in [6, 6.07) is 14.4. The number of carbonyl (C=O) groups excluding carboxylic acids is 1. The molecule has 1 atom stereocenters. The minimum atomic E-state index is -4.62. The second-order valence-corrected chi connectivity index (χ2v) is 8.94. The van der Waals surface area contributed by atoms with E-state index in [0.717, 1.165) is 6.07 Å². The highest BCUT2D eigenvalue weighted by Crippen LogP contribution is 2.46. The smallest absolute Gasteiger partial charge is 0.417 e. The molecule has 2 heterocycles. The maximum absolute atomic E-state index is 13.4. The van der Waals surface area contributed by atoms with E-state index < -0.39 is 17.3 Å². The van der Waals surface area contributed by atoms with E-state index in [-0.39, 0.29) is 30.5 Å². The van der Waals surface area contributed by atoms with Gasteiger partial charge in [-0.05, 0) is 48.6 Å². The lowest BCUT2D eigenvalue weighted by Crippen LogP contribution is -2.48. The number of nitrogens with zero attached hydrogens (tertiary/aromatic N) is 3. The molecule has 2 saturated heterocycles. The molecule has 2 aromatic rings. The van der Waals surface area contributed by atoms with E-state index in [4.69, 9.17) is 10.00 Å². The fourth-order valence-corrected chi connectivity index (χ4v) is 5.06. The van der Waals surface area contributed by atoms with Gasteiger partial charge in [-0.2, -0.15) is 18.4 Å². The number of nitriles is 1. The first-order valence-corrected chi connectivity index (χ1v) is 11.2. The lowest BCUT2D eigenvalue weighted by molar-refractivity contribution is -0.138. The molecular weight excluding hydrogens is 447 g/mol. The first-order valence-electron chi connectivity index (χ1n) is 11.2. The normalized spacial score (nSPS) is 19.8. The Morgan fingerprint density at radius 2 is 1.88 bits per heavy atom. The summed E-state index contributed by atoms with van der Waals surface area (Å²) in [7, 11) is 0. The molecule has 0 radical (unpaired) electrons. The lowest BCUT2D eigenvalue weighted by atomic mass is 9.71. The number of halogens is 3. The van der Waals surface area contributed by atoms with E-state index >= 15 is 0 Å². The standard InChI is InChI=1S/C25H26F3N3O3/c26-25(27,28)22-12-20(7-6-18(22)13-29)31-14-19(15-32)24(17-31)8-10-30(11-9-24)23(33)16-34-21-4-2-1-3-5-21/h1-7,12,19,32H,8-11,14-17H2. The first kappa shape index (κ1) is 23.9. The number of ether oxygens (including phenoxy) is 1. The molecule has 2 aliphatic heterocycles.